The number of rotatable bonds is 1. The van der Waals surface area contributed by atoms with Crippen molar-refractivity contribution >= 4 is 28.1 Å². The van der Waals surface area contributed by atoms with Gasteiger partial charge in [-0.2, -0.15) is 0 Å². The molecule has 0 radical (unpaired) electrons. The molecule has 0 saturated heterocycles. The van der Waals surface area contributed by atoms with E-state index in [0.717, 1.165) is 35.5 Å². The van der Waals surface area contributed by atoms with E-state index in [2.05, 4.69) is 4.98 Å². The van der Waals surface area contributed by atoms with E-state index in [4.69, 9.17) is 23.1 Å². The lowest BCUT2D eigenvalue weighted by molar-refractivity contribution is 0.386. The Morgan fingerprint density at radius 2 is 2.00 bits per heavy atom. The number of halogens is 1. The van der Waals surface area contributed by atoms with Crippen molar-refractivity contribution in [2.24, 2.45) is 5.73 Å². The molecule has 1 aromatic heterocycles. The Morgan fingerprint density at radius 1 is 1.28 bits per heavy atom. The molecule has 0 aliphatic heterocycles. The molecule has 3 nitrogen and oxygen atoms in total. The lowest BCUT2D eigenvalue weighted by Gasteiger charge is -2.33. The van der Waals surface area contributed by atoms with Crippen molar-refractivity contribution in [3.05, 3.63) is 45.4 Å². The molecule has 4 N–H and O–H groups in total. The van der Waals surface area contributed by atoms with Crippen LogP contribution in [0.4, 0.5) is 5.13 Å². The van der Waals surface area contributed by atoms with Gasteiger partial charge in [0.25, 0.3) is 0 Å². The summed E-state index contributed by atoms with van der Waals surface area (Å²) in [6, 6.07) is 7.81. The first-order valence-electron chi connectivity index (χ1n) is 5.86. The highest BCUT2D eigenvalue weighted by atomic mass is 35.5. The van der Waals surface area contributed by atoms with Gasteiger partial charge in [0, 0.05) is 21.9 Å². The SMILES string of the molecule is Nc1nc2c(s1)CC(N)(c1ccc(Cl)cc1)CC2. The van der Waals surface area contributed by atoms with E-state index >= 15 is 0 Å². The van der Waals surface area contributed by atoms with Crippen LogP contribution >= 0.6 is 22.9 Å². The maximum absolute atomic E-state index is 6.55. The number of aryl methyl sites for hydroxylation is 1. The highest BCUT2D eigenvalue weighted by molar-refractivity contribution is 7.15. The van der Waals surface area contributed by atoms with E-state index in [1.54, 1.807) is 11.3 Å². The fourth-order valence-corrected chi connectivity index (χ4v) is 3.61. The highest BCUT2D eigenvalue weighted by Crippen LogP contribution is 2.37. The second kappa shape index (κ2) is 4.23. The van der Waals surface area contributed by atoms with Crippen molar-refractivity contribution in [2.45, 2.75) is 24.8 Å². The van der Waals surface area contributed by atoms with Crippen LogP contribution in [0.25, 0.3) is 0 Å². The molecule has 0 bridgehead atoms. The Labute approximate surface area is 115 Å². The van der Waals surface area contributed by atoms with Crippen molar-refractivity contribution < 1.29 is 0 Å². The third-order valence-corrected chi connectivity index (χ3v) is 4.68. The Balaban J connectivity index is 1.95. The second-order valence-electron chi connectivity index (χ2n) is 4.76. The number of thiazole rings is 1. The Kier molecular flexibility index (Phi) is 2.81. The van der Waals surface area contributed by atoms with Gasteiger partial charge in [0.05, 0.1) is 5.69 Å². The molecular weight excluding hydrogens is 266 g/mol. The largest absolute Gasteiger partial charge is 0.375 e. The van der Waals surface area contributed by atoms with Gasteiger partial charge in [-0.05, 0) is 30.5 Å². The third-order valence-electron chi connectivity index (χ3n) is 3.50. The van der Waals surface area contributed by atoms with Gasteiger partial charge in [-0.1, -0.05) is 23.7 Å². The quantitative estimate of drug-likeness (QED) is 0.844. The van der Waals surface area contributed by atoms with Crippen molar-refractivity contribution in [2.75, 3.05) is 5.73 Å². The monoisotopic (exact) mass is 279 g/mol. The zero-order chi connectivity index (χ0) is 12.8. The van der Waals surface area contributed by atoms with Crippen LogP contribution in [0.3, 0.4) is 0 Å². The van der Waals surface area contributed by atoms with E-state index in [1.165, 1.54) is 4.88 Å². The molecule has 1 aliphatic rings. The second-order valence-corrected chi connectivity index (χ2v) is 6.31. The minimum atomic E-state index is -0.323. The molecule has 0 spiro atoms. The number of benzene rings is 1. The zero-order valence-electron chi connectivity index (χ0n) is 9.82. The average Bonchev–Trinajstić information content (AvgIpc) is 2.69. The van der Waals surface area contributed by atoms with Crippen LogP contribution in [0.2, 0.25) is 5.02 Å². The van der Waals surface area contributed by atoms with Crippen molar-refractivity contribution in [1.82, 2.24) is 4.98 Å². The summed E-state index contributed by atoms with van der Waals surface area (Å²) in [5.41, 5.74) is 14.2. The molecule has 94 valence electrons. The summed E-state index contributed by atoms with van der Waals surface area (Å²) in [5.74, 6) is 0. The number of aromatic nitrogens is 1. The average molecular weight is 280 g/mol. The predicted molar refractivity (Wildman–Crippen MR) is 75.9 cm³/mol. The van der Waals surface area contributed by atoms with Crippen LogP contribution in [-0.2, 0) is 18.4 Å². The van der Waals surface area contributed by atoms with E-state index in [9.17, 15) is 0 Å². The minimum absolute atomic E-state index is 0.323. The lowest BCUT2D eigenvalue weighted by atomic mass is 9.79. The normalized spacial score (nSPS) is 22.8. The molecule has 1 aromatic carbocycles. The van der Waals surface area contributed by atoms with Crippen molar-refractivity contribution in [3.8, 4) is 0 Å². The number of fused-ring (bicyclic) bond motifs is 1. The first kappa shape index (κ1) is 12.0. The van der Waals surface area contributed by atoms with E-state index in [1.807, 2.05) is 24.3 Å². The molecular formula is C13H14ClN3S. The fourth-order valence-electron chi connectivity index (χ4n) is 2.48. The third kappa shape index (κ3) is 2.00. The van der Waals surface area contributed by atoms with Gasteiger partial charge in [0.2, 0.25) is 0 Å². The summed E-state index contributed by atoms with van der Waals surface area (Å²) in [6.45, 7) is 0. The van der Waals surface area contributed by atoms with Gasteiger partial charge >= 0.3 is 0 Å². The van der Waals surface area contributed by atoms with Gasteiger partial charge < -0.3 is 11.5 Å². The molecule has 1 atom stereocenters. The molecule has 3 rings (SSSR count). The van der Waals surface area contributed by atoms with Crippen LogP contribution in [-0.4, -0.2) is 4.98 Å². The Hall–Kier alpha value is -1.10. The van der Waals surface area contributed by atoms with Crippen LogP contribution < -0.4 is 11.5 Å². The van der Waals surface area contributed by atoms with Crippen molar-refractivity contribution in [3.63, 3.8) is 0 Å². The van der Waals surface area contributed by atoms with Crippen molar-refractivity contribution in [1.29, 1.82) is 0 Å². The predicted octanol–water partition coefficient (Wildman–Crippen LogP) is 2.72. The summed E-state index contributed by atoms with van der Waals surface area (Å²) in [7, 11) is 0. The maximum Gasteiger partial charge on any atom is 0.180 e. The topological polar surface area (TPSA) is 64.9 Å². The van der Waals surface area contributed by atoms with Gasteiger partial charge in [-0.3, -0.25) is 0 Å². The fraction of sp³-hybridized carbons (Fsp3) is 0.308. The number of hydrogen-bond donors (Lipinski definition) is 2. The molecule has 1 unspecified atom stereocenters. The number of hydrogen-bond acceptors (Lipinski definition) is 4. The summed E-state index contributed by atoms with van der Waals surface area (Å²) < 4.78 is 0. The molecule has 1 aliphatic carbocycles. The molecule has 0 fully saturated rings. The van der Waals surface area contributed by atoms with E-state index < -0.39 is 0 Å². The molecule has 18 heavy (non-hydrogen) atoms. The Bertz CT molecular complexity index is 578. The molecule has 5 heteroatoms. The molecule has 1 heterocycles. The molecule has 2 aromatic rings. The number of nitrogens with two attached hydrogens (primary N) is 2. The molecule has 0 saturated carbocycles. The van der Waals surface area contributed by atoms with Crippen LogP contribution in [0.15, 0.2) is 24.3 Å². The first-order valence-corrected chi connectivity index (χ1v) is 7.05. The maximum atomic E-state index is 6.55. The number of anilines is 1. The summed E-state index contributed by atoms with van der Waals surface area (Å²) in [5, 5.41) is 1.38. The van der Waals surface area contributed by atoms with Gasteiger partial charge in [-0.15, -0.1) is 11.3 Å². The standard InChI is InChI=1S/C13H14ClN3S/c14-9-3-1-8(2-4-9)13(16)6-5-10-11(7-13)18-12(15)17-10/h1-4H,5-7,16H2,(H2,15,17). The lowest BCUT2D eigenvalue weighted by Crippen LogP contribution is -2.41. The number of nitrogens with zero attached hydrogens (tertiary/aromatic N) is 1. The van der Waals surface area contributed by atoms with Gasteiger partial charge in [0.15, 0.2) is 5.13 Å². The summed E-state index contributed by atoms with van der Waals surface area (Å²) in [6.07, 6.45) is 2.59. The highest BCUT2D eigenvalue weighted by Gasteiger charge is 2.34. The van der Waals surface area contributed by atoms with Crippen LogP contribution in [0.5, 0.6) is 0 Å². The summed E-state index contributed by atoms with van der Waals surface area (Å²) >= 11 is 7.47. The Morgan fingerprint density at radius 3 is 2.72 bits per heavy atom. The van der Waals surface area contributed by atoms with Gasteiger partial charge in [0.1, 0.15) is 0 Å². The van der Waals surface area contributed by atoms with E-state index in [0.29, 0.717) is 5.13 Å². The number of nitrogen functional groups attached to an aromatic ring is 1. The molecule has 0 amide bonds. The minimum Gasteiger partial charge on any atom is -0.375 e. The van der Waals surface area contributed by atoms with E-state index in [-0.39, 0.29) is 5.54 Å². The smallest absolute Gasteiger partial charge is 0.180 e. The van der Waals surface area contributed by atoms with Gasteiger partial charge in [-0.25, -0.2) is 4.98 Å². The summed E-state index contributed by atoms with van der Waals surface area (Å²) in [4.78, 5) is 5.56. The first-order chi connectivity index (χ1) is 8.57. The zero-order valence-corrected chi connectivity index (χ0v) is 11.4. The van der Waals surface area contributed by atoms with Crippen LogP contribution in [0, 0.1) is 0 Å². The van der Waals surface area contributed by atoms with Crippen LogP contribution in [0.1, 0.15) is 22.6 Å².